The Morgan fingerprint density at radius 2 is 2.17 bits per heavy atom. The summed E-state index contributed by atoms with van der Waals surface area (Å²) in [5, 5.41) is 0. The van der Waals surface area contributed by atoms with Gasteiger partial charge in [0, 0.05) is 6.20 Å². The van der Waals surface area contributed by atoms with E-state index < -0.39 is 0 Å². The minimum absolute atomic E-state index is 0.122. The summed E-state index contributed by atoms with van der Waals surface area (Å²) >= 11 is 0. The molecule has 0 atom stereocenters. The lowest BCUT2D eigenvalue weighted by Crippen LogP contribution is -2.04. The predicted octanol–water partition coefficient (Wildman–Crippen LogP) is 1.22. The van der Waals surface area contributed by atoms with Crippen molar-refractivity contribution in [1.29, 1.82) is 0 Å². The highest BCUT2D eigenvalue weighted by atomic mass is 16.1. The fourth-order valence-corrected chi connectivity index (χ4v) is 1.03. The summed E-state index contributed by atoms with van der Waals surface area (Å²) in [5.74, 6) is 0.122. The van der Waals surface area contributed by atoms with Crippen LogP contribution in [0.1, 0.15) is 24.0 Å². The van der Waals surface area contributed by atoms with Gasteiger partial charge in [-0.25, -0.2) is 0 Å². The molecule has 12 heavy (non-hydrogen) atoms. The van der Waals surface area contributed by atoms with Crippen LogP contribution in [0, 0.1) is 13.8 Å². The number of aryl methyl sites for hydroxylation is 2. The van der Waals surface area contributed by atoms with Gasteiger partial charge in [-0.05, 0) is 20.8 Å². The quantitative estimate of drug-likeness (QED) is 0.660. The Bertz CT molecular complexity index is 307. The van der Waals surface area contributed by atoms with Crippen molar-refractivity contribution in [2.45, 2.75) is 27.2 Å². The number of nitrogens with zero attached hydrogens (tertiary/aromatic N) is 2. The molecule has 0 N–H and O–H groups in total. The molecule has 0 amide bonds. The predicted molar refractivity (Wildman–Crippen MR) is 45.9 cm³/mol. The monoisotopic (exact) mass is 164 g/mol. The molecule has 3 heteroatoms. The number of carbonyl (C=O) groups is 1. The third kappa shape index (κ3) is 2.12. The number of carbonyl (C=O) groups excluding carboxylic acids is 1. The highest BCUT2D eigenvalue weighted by Gasteiger charge is 2.03. The van der Waals surface area contributed by atoms with Gasteiger partial charge >= 0.3 is 0 Å². The fraction of sp³-hybridized carbons (Fsp3) is 0.444. The zero-order valence-electron chi connectivity index (χ0n) is 7.59. The van der Waals surface area contributed by atoms with Gasteiger partial charge < -0.3 is 0 Å². The molecule has 0 aliphatic rings. The number of hydrogen-bond acceptors (Lipinski definition) is 3. The minimum Gasteiger partial charge on any atom is -0.300 e. The molecule has 0 saturated carbocycles. The lowest BCUT2D eigenvalue weighted by Gasteiger charge is -2.01. The van der Waals surface area contributed by atoms with E-state index in [9.17, 15) is 4.79 Å². The number of Topliss-reactive ketones (excluding diaryl/α,β-unsaturated/α-hetero) is 1. The van der Waals surface area contributed by atoms with Gasteiger partial charge in [-0.15, -0.1) is 0 Å². The van der Waals surface area contributed by atoms with Crippen LogP contribution in [-0.2, 0) is 11.2 Å². The van der Waals surface area contributed by atoms with E-state index in [1.165, 1.54) is 0 Å². The first-order valence-electron chi connectivity index (χ1n) is 3.88. The lowest BCUT2D eigenvalue weighted by atomic mass is 10.2. The van der Waals surface area contributed by atoms with E-state index in [2.05, 4.69) is 9.97 Å². The first kappa shape index (κ1) is 8.84. The average Bonchev–Trinajstić information content (AvgIpc) is 1.94. The zero-order valence-corrected chi connectivity index (χ0v) is 7.59. The van der Waals surface area contributed by atoms with Gasteiger partial charge in [0.25, 0.3) is 0 Å². The maximum absolute atomic E-state index is 10.8. The largest absolute Gasteiger partial charge is 0.300 e. The van der Waals surface area contributed by atoms with Crippen molar-refractivity contribution in [2.24, 2.45) is 0 Å². The van der Waals surface area contributed by atoms with Gasteiger partial charge in [-0.3, -0.25) is 14.8 Å². The van der Waals surface area contributed by atoms with E-state index in [1.807, 2.05) is 13.8 Å². The molecule has 1 heterocycles. The van der Waals surface area contributed by atoms with Gasteiger partial charge in [0.15, 0.2) is 0 Å². The Morgan fingerprint density at radius 1 is 1.50 bits per heavy atom. The summed E-state index contributed by atoms with van der Waals surface area (Å²) in [4.78, 5) is 19.1. The first-order chi connectivity index (χ1) is 5.59. The Balaban J connectivity index is 2.93. The van der Waals surface area contributed by atoms with E-state index in [1.54, 1.807) is 13.1 Å². The number of rotatable bonds is 2. The molecule has 1 aromatic rings. The van der Waals surface area contributed by atoms with Crippen LogP contribution in [0.3, 0.4) is 0 Å². The summed E-state index contributed by atoms with van der Waals surface area (Å²) < 4.78 is 0. The summed E-state index contributed by atoms with van der Waals surface area (Å²) in [6.45, 7) is 5.32. The second-order valence-corrected chi connectivity index (χ2v) is 2.92. The second kappa shape index (κ2) is 3.43. The Labute approximate surface area is 71.9 Å². The summed E-state index contributed by atoms with van der Waals surface area (Å²) in [6.07, 6.45) is 2.07. The van der Waals surface area contributed by atoms with Crippen LogP contribution >= 0.6 is 0 Å². The third-order valence-electron chi connectivity index (χ3n) is 1.59. The zero-order chi connectivity index (χ0) is 9.14. The van der Waals surface area contributed by atoms with Crippen molar-refractivity contribution in [3.05, 3.63) is 23.3 Å². The first-order valence-corrected chi connectivity index (χ1v) is 3.88. The maximum Gasteiger partial charge on any atom is 0.135 e. The van der Waals surface area contributed by atoms with Gasteiger partial charge in [0.1, 0.15) is 5.78 Å². The van der Waals surface area contributed by atoms with Crippen molar-refractivity contribution in [3.63, 3.8) is 0 Å². The van der Waals surface area contributed by atoms with Crippen LogP contribution in [0.25, 0.3) is 0 Å². The van der Waals surface area contributed by atoms with Gasteiger partial charge in [0.2, 0.25) is 0 Å². The highest BCUT2D eigenvalue weighted by Crippen LogP contribution is 2.03. The molecule has 0 saturated heterocycles. The molecular weight excluding hydrogens is 152 g/mol. The molecule has 0 radical (unpaired) electrons. The van der Waals surface area contributed by atoms with Crippen LogP contribution in [0.15, 0.2) is 6.20 Å². The summed E-state index contributed by atoms with van der Waals surface area (Å²) in [7, 11) is 0. The van der Waals surface area contributed by atoms with Crippen molar-refractivity contribution in [1.82, 2.24) is 9.97 Å². The van der Waals surface area contributed by atoms with Gasteiger partial charge in [-0.2, -0.15) is 0 Å². The third-order valence-corrected chi connectivity index (χ3v) is 1.59. The molecule has 1 aromatic heterocycles. The standard InChI is InChI=1S/C9H12N2O/c1-6-5-10-9(4-7(2)12)8(3)11-6/h5H,4H2,1-3H3. The van der Waals surface area contributed by atoms with Crippen LogP contribution < -0.4 is 0 Å². The molecule has 3 nitrogen and oxygen atoms in total. The van der Waals surface area contributed by atoms with E-state index in [0.29, 0.717) is 6.42 Å². The van der Waals surface area contributed by atoms with Crippen molar-refractivity contribution >= 4 is 5.78 Å². The normalized spacial score (nSPS) is 9.92. The smallest absolute Gasteiger partial charge is 0.135 e. The molecule has 0 spiro atoms. The molecular formula is C9H12N2O. The van der Waals surface area contributed by atoms with Crippen molar-refractivity contribution < 1.29 is 4.79 Å². The highest BCUT2D eigenvalue weighted by molar-refractivity contribution is 5.77. The fourth-order valence-electron chi connectivity index (χ4n) is 1.03. The van der Waals surface area contributed by atoms with E-state index in [0.717, 1.165) is 17.1 Å². The molecule has 0 aliphatic carbocycles. The Hall–Kier alpha value is -1.25. The minimum atomic E-state index is 0.122. The number of aromatic nitrogens is 2. The van der Waals surface area contributed by atoms with E-state index in [-0.39, 0.29) is 5.78 Å². The topological polar surface area (TPSA) is 42.9 Å². The molecule has 0 bridgehead atoms. The summed E-state index contributed by atoms with van der Waals surface area (Å²) in [6, 6.07) is 0. The van der Waals surface area contributed by atoms with E-state index >= 15 is 0 Å². The Kier molecular flexibility index (Phi) is 2.53. The second-order valence-electron chi connectivity index (χ2n) is 2.92. The molecule has 64 valence electrons. The van der Waals surface area contributed by atoms with Gasteiger partial charge in [0.05, 0.1) is 23.5 Å². The maximum atomic E-state index is 10.8. The van der Waals surface area contributed by atoms with Gasteiger partial charge in [-0.1, -0.05) is 0 Å². The van der Waals surface area contributed by atoms with Crippen LogP contribution in [0.4, 0.5) is 0 Å². The van der Waals surface area contributed by atoms with Crippen molar-refractivity contribution in [2.75, 3.05) is 0 Å². The number of ketones is 1. The van der Waals surface area contributed by atoms with E-state index in [4.69, 9.17) is 0 Å². The van der Waals surface area contributed by atoms with Crippen LogP contribution in [0.2, 0.25) is 0 Å². The molecule has 0 fully saturated rings. The molecule has 0 unspecified atom stereocenters. The molecule has 1 rings (SSSR count). The molecule has 0 aromatic carbocycles. The lowest BCUT2D eigenvalue weighted by molar-refractivity contribution is -0.116. The summed E-state index contributed by atoms with van der Waals surface area (Å²) in [5.41, 5.74) is 2.53. The SMILES string of the molecule is CC(=O)Cc1ncc(C)nc1C. The Morgan fingerprint density at radius 3 is 2.67 bits per heavy atom. The van der Waals surface area contributed by atoms with Crippen molar-refractivity contribution in [3.8, 4) is 0 Å². The van der Waals surface area contributed by atoms with Crippen LogP contribution in [-0.4, -0.2) is 15.8 Å². The van der Waals surface area contributed by atoms with Crippen LogP contribution in [0.5, 0.6) is 0 Å². The average molecular weight is 164 g/mol. The number of hydrogen-bond donors (Lipinski definition) is 0. The molecule has 0 aliphatic heterocycles.